The Kier molecular flexibility index (Phi) is 16.4. The van der Waals surface area contributed by atoms with Gasteiger partial charge in [-0.3, -0.25) is 0 Å². The van der Waals surface area contributed by atoms with Crippen LogP contribution in [0.1, 0.15) is 76.3 Å². The Morgan fingerprint density at radius 3 is 1.57 bits per heavy atom. The zero-order chi connectivity index (χ0) is 22.3. The summed E-state index contributed by atoms with van der Waals surface area (Å²) in [7, 11) is 2.00. The number of rotatable bonds is 5. The van der Waals surface area contributed by atoms with Gasteiger partial charge in [0.1, 0.15) is 11.5 Å². The highest BCUT2D eigenvalue weighted by atomic mass is 16.5. The third-order valence-electron chi connectivity index (χ3n) is 3.97. The van der Waals surface area contributed by atoms with Crippen LogP contribution in [0.3, 0.4) is 0 Å². The van der Waals surface area contributed by atoms with E-state index in [0.717, 1.165) is 17.9 Å². The molecule has 0 bridgehead atoms. The number of likely N-dealkylation sites (N-methyl/N-ethyl adjacent to an activating group) is 1. The SMILES string of the molecule is CC.CC.CC.CNC(C)Cc1cc(C)c(Oc2cc(C)cc(C)c2)c(C)c1. The number of aryl methyl sites for hydroxylation is 4. The lowest BCUT2D eigenvalue weighted by Crippen LogP contribution is -2.23. The zero-order valence-corrected chi connectivity index (χ0v) is 20.6. The third kappa shape index (κ3) is 9.94. The molecular formula is C26H45NO. The maximum atomic E-state index is 6.17. The minimum Gasteiger partial charge on any atom is -0.457 e. The van der Waals surface area contributed by atoms with Gasteiger partial charge in [-0.1, -0.05) is 59.7 Å². The number of nitrogens with one attached hydrogen (secondary N) is 1. The summed E-state index contributed by atoms with van der Waals surface area (Å²) in [6, 6.07) is 11.3. The molecule has 2 aromatic rings. The summed E-state index contributed by atoms with van der Waals surface area (Å²) < 4.78 is 6.17. The van der Waals surface area contributed by atoms with Gasteiger partial charge in [0.05, 0.1) is 0 Å². The highest BCUT2D eigenvalue weighted by molar-refractivity contribution is 5.47. The topological polar surface area (TPSA) is 21.3 Å². The van der Waals surface area contributed by atoms with E-state index < -0.39 is 0 Å². The Morgan fingerprint density at radius 1 is 0.750 bits per heavy atom. The summed E-state index contributed by atoms with van der Waals surface area (Å²) in [6.45, 7) is 22.6. The fourth-order valence-corrected chi connectivity index (χ4v) is 2.88. The van der Waals surface area contributed by atoms with Crippen molar-refractivity contribution in [3.05, 3.63) is 58.1 Å². The zero-order valence-electron chi connectivity index (χ0n) is 20.6. The van der Waals surface area contributed by atoms with Gasteiger partial charge in [-0.25, -0.2) is 0 Å². The smallest absolute Gasteiger partial charge is 0.133 e. The van der Waals surface area contributed by atoms with E-state index in [1.165, 1.54) is 27.8 Å². The standard InChI is InChI=1S/C20H27NO.3C2H6/c1-13-7-14(2)9-19(8-13)22-20-15(3)10-18(11-16(20)4)12-17(5)21-6;3*1-2/h7-11,17,21H,12H2,1-6H3;3*1-2H3. The first-order valence-corrected chi connectivity index (χ1v) is 10.9. The van der Waals surface area contributed by atoms with Crippen molar-refractivity contribution in [2.75, 3.05) is 7.05 Å². The maximum absolute atomic E-state index is 6.17. The van der Waals surface area contributed by atoms with Gasteiger partial charge in [0.15, 0.2) is 0 Å². The summed E-state index contributed by atoms with van der Waals surface area (Å²) in [5.41, 5.74) is 6.19. The van der Waals surface area contributed by atoms with Crippen molar-refractivity contribution in [1.82, 2.24) is 5.32 Å². The van der Waals surface area contributed by atoms with Crippen molar-refractivity contribution in [2.24, 2.45) is 0 Å². The number of benzene rings is 2. The van der Waals surface area contributed by atoms with E-state index in [1.807, 2.05) is 48.6 Å². The van der Waals surface area contributed by atoms with Gasteiger partial charge >= 0.3 is 0 Å². The monoisotopic (exact) mass is 387 g/mol. The van der Waals surface area contributed by atoms with Crippen LogP contribution in [0.5, 0.6) is 11.5 Å². The first-order valence-electron chi connectivity index (χ1n) is 10.9. The molecule has 0 saturated heterocycles. The van der Waals surface area contributed by atoms with Crippen LogP contribution in [0, 0.1) is 27.7 Å². The Hall–Kier alpha value is -1.80. The summed E-state index contributed by atoms with van der Waals surface area (Å²) in [5, 5.41) is 3.29. The predicted octanol–water partition coefficient (Wildman–Crippen LogP) is 7.94. The lowest BCUT2D eigenvalue weighted by atomic mass is 10.0. The molecule has 160 valence electrons. The molecule has 0 aliphatic heterocycles. The molecule has 0 saturated carbocycles. The van der Waals surface area contributed by atoms with Gasteiger partial charge < -0.3 is 10.1 Å². The molecule has 0 spiro atoms. The lowest BCUT2D eigenvalue weighted by molar-refractivity contribution is 0.473. The fraction of sp³-hybridized carbons (Fsp3) is 0.538. The summed E-state index contributed by atoms with van der Waals surface area (Å²) in [5.74, 6) is 1.89. The summed E-state index contributed by atoms with van der Waals surface area (Å²) in [4.78, 5) is 0. The molecule has 0 aliphatic carbocycles. The van der Waals surface area contributed by atoms with Crippen LogP contribution in [0.25, 0.3) is 0 Å². The molecular weight excluding hydrogens is 342 g/mol. The number of hydrogen-bond acceptors (Lipinski definition) is 2. The molecule has 0 fully saturated rings. The van der Waals surface area contributed by atoms with Crippen molar-refractivity contribution in [3.63, 3.8) is 0 Å². The molecule has 0 aromatic heterocycles. The van der Waals surface area contributed by atoms with E-state index >= 15 is 0 Å². The molecule has 28 heavy (non-hydrogen) atoms. The van der Waals surface area contributed by atoms with Crippen molar-refractivity contribution >= 4 is 0 Å². The third-order valence-corrected chi connectivity index (χ3v) is 3.97. The van der Waals surface area contributed by atoms with Crippen LogP contribution in [-0.4, -0.2) is 13.1 Å². The molecule has 2 rings (SSSR count). The normalized spacial score (nSPS) is 10.3. The van der Waals surface area contributed by atoms with Gasteiger partial charge in [-0.2, -0.15) is 0 Å². The molecule has 0 heterocycles. The average molecular weight is 388 g/mol. The Morgan fingerprint density at radius 2 is 1.18 bits per heavy atom. The van der Waals surface area contributed by atoms with Gasteiger partial charge in [0.25, 0.3) is 0 Å². The van der Waals surface area contributed by atoms with Crippen LogP contribution in [0.15, 0.2) is 30.3 Å². The lowest BCUT2D eigenvalue weighted by Gasteiger charge is -2.16. The van der Waals surface area contributed by atoms with Gasteiger partial charge in [0, 0.05) is 6.04 Å². The second kappa shape index (κ2) is 16.2. The van der Waals surface area contributed by atoms with E-state index in [9.17, 15) is 0 Å². The van der Waals surface area contributed by atoms with Crippen molar-refractivity contribution in [2.45, 2.75) is 88.6 Å². The largest absolute Gasteiger partial charge is 0.457 e. The van der Waals surface area contributed by atoms with Crippen LogP contribution in [0.2, 0.25) is 0 Å². The molecule has 1 unspecified atom stereocenters. The Balaban J connectivity index is 0. The molecule has 1 atom stereocenters. The van der Waals surface area contributed by atoms with Crippen molar-refractivity contribution < 1.29 is 4.74 Å². The van der Waals surface area contributed by atoms with Crippen molar-refractivity contribution in [1.29, 1.82) is 0 Å². The minimum atomic E-state index is 0.477. The highest BCUT2D eigenvalue weighted by Crippen LogP contribution is 2.31. The predicted molar refractivity (Wildman–Crippen MR) is 128 cm³/mol. The van der Waals surface area contributed by atoms with E-state index in [4.69, 9.17) is 4.74 Å². The van der Waals surface area contributed by atoms with Gasteiger partial charge in [-0.15, -0.1) is 0 Å². The fourth-order valence-electron chi connectivity index (χ4n) is 2.88. The summed E-state index contributed by atoms with van der Waals surface area (Å²) in [6.07, 6.45) is 1.03. The van der Waals surface area contributed by atoms with Gasteiger partial charge in [0.2, 0.25) is 0 Å². The highest BCUT2D eigenvalue weighted by Gasteiger charge is 2.10. The molecule has 0 radical (unpaired) electrons. The number of ether oxygens (including phenoxy) is 1. The molecule has 2 nitrogen and oxygen atoms in total. The molecule has 0 aliphatic rings. The molecule has 2 heteroatoms. The first kappa shape index (κ1) is 28.4. The van der Waals surface area contributed by atoms with Crippen LogP contribution < -0.4 is 10.1 Å². The quantitative estimate of drug-likeness (QED) is 0.562. The maximum Gasteiger partial charge on any atom is 0.133 e. The van der Waals surface area contributed by atoms with Crippen molar-refractivity contribution in [3.8, 4) is 11.5 Å². The molecule has 1 N–H and O–H groups in total. The first-order chi connectivity index (χ1) is 13.4. The second-order valence-electron chi connectivity index (χ2n) is 6.38. The molecule has 0 amide bonds. The van der Waals surface area contributed by atoms with E-state index in [2.05, 4.69) is 70.3 Å². The van der Waals surface area contributed by atoms with E-state index in [0.29, 0.717) is 6.04 Å². The van der Waals surface area contributed by atoms with Crippen LogP contribution in [-0.2, 0) is 6.42 Å². The minimum absolute atomic E-state index is 0.477. The van der Waals surface area contributed by atoms with E-state index in [-0.39, 0.29) is 0 Å². The van der Waals surface area contributed by atoms with E-state index in [1.54, 1.807) is 0 Å². The second-order valence-corrected chi connectivity index (χ2v) is 6.38. The molecule has 2 aromatic carbocycles. The van der Waals surface area contributed by atoms with Crippen LogP contribution >= 0.6 is 0 Å². The average Bonchev–Trinajstić information content (AvgIpc) is 2.68. The number of hydrogen-bond donors (Lipinski definition) is 1. The van der Waals surface area contributed by atoms with Gasteiger partial charge in [-0.05, 0) is 88.0 Å². The van der Waals surface area contributed by atoms with Crippen LogP contribution in [0.4, 0.5) is 0 Å². The summed E-state index contributed by atoms with van der Waals surface area (Å²) >= 11 is 0. The Labute approximate surface area is 175 Å². The Bertz CT molecular complexity index is 618.